The first-order valence-corrected chi connectivity index (χ1v) is 9.50. The zero-order valence-corrected chi connectivity index (χ0v) is 15.9. The lowest BCUT2D eigenvalue weighted by atomic mass is 10.0. The van der Waals surface area contributed by atoms with Crippen LogP contribution in [-0.2, 0) is 4.79 Å². The molecule has 1 aliphatic rings. The summed E-state index contributed by atoms with van der Waals surface area (Å²) in [7, 11) is 0. The highest BCUT2D eigenvalue weighted by molar-refractivity contribution is 6.26. The third kappa shape index (κ3) is 2.86. The van der Waals surface area contributed by atoms with Gasteiger partial charge in [-0.15, -0.1) is 0 Å². The summed E-state index contributed by atoms with van der Waals surface area (Å²) in [6.45, 7) is -0.147. The van der Waals surface area contributed by atoms with Crippen LogP contribution in [0.3, 0.4) is 0 Å². The molecule has 0 saturated carbocycles. The summed E-state index contributed by atoms with van der Waals surface area (Å²) in [6, 6.07) is 22.2. The summed E-state index contributed by atoms with van der Waals surface area (Å²) in [5.74, 6) is -0.555. The van der Waals surface area contributed by atoms with Crippen molar-refractivity contribution in [1.29, 1.82) is 0 Å². The molecule has 1 heterocycles. The highest BCUT2D eigenvalue weighted by atomic mass is 16.3. The highest BCUT2D eigenvalue weighted by Gasteiger charge is 2.30. The van der Waals surface area contributed by atoms with Crippen LogP contribution in [0, 0.1) is 0 Å². The maximum absolute atomic E-state index is 12.8. The van der Waals surface area contributed by atoms with E-state index in [1.165, 1.54) is 11.1 Å². The lowest BCUT2D eigenvalue weighted by Gasteiger charge is -2.16. The minimum atomic E-state index is -0.427. The molecule has 0 unspecified atom stereocenters. The predicted octanol–water partition coefficient (Wildman–Crippen LogP) is 3.81. The van der Waals surface area contributed by atoms with Crippen molar-refractivity contribution < 1.29 is 14.7 Å². The number of phenols is 1. The Balaban J connectivity index is 1.35. The molecule has 0 radical (unpaired) electrons. The molecule has 2 N–H and O–H groups in total. The molecule has 146 valence electrons. The van der Waals surface area contributed by atoms with Gasteiger partial charge in [-0.1, -0.05) is 54.6 Å². The van der Waals surface area contributed by atoms with Gasteiger partial charge in [0.1, 0.15) is 12.3 Å². The van der Waals surface area contributed by atoms with E-state index in [0.29, 0.717) is 11.1 Å². The molecule has 4 aromatic rings. The second-order valence-corrected chi connectivity index (χ2v) is 7.08. The predicted molar refractivity (Wildman–Crippen MR) is 117 cm³/mol. The Morgan fingerprint density at radius 3 is 2.60 bits per heavy atom. The Morgan fingerprint density at radius 2 is 1.73 bits per heavy atom. The van der Waals surface area contributed by atoms with E-state index in [9.17, 15) is 14.7 Å². The van der Waals surface area contributed by atoms with E-state index < -0.39 is 5.91 Å². The van der Waals surface area contributed by atoms with Gasteiger partial charge in [0.15, 0.2) is 0 Å². The quantitative estimate of drug-likeness (QED) is 0.407. The van der Waals surface area contributed by atoms with Crippen LogP contribution < -0.4 is 10.3 Å². The zero-order valence-electron chi connectivity index (χ0n) is 15.9. The molecule has 0 bridgehead atoms. The fraction of sp³-hybridized carbons (Fsp3) is 0.0417. The molecule has 0 aliphatic carbocycles. The summed E-state index contributed by atoms with van der Waals surface area (Å²) >= 11 is 0. The zero-order chi connectivity index (χ0) is 20.7. The van der Waals surface area contributed by atoms with Gasteiger partial charge in [0.05, 0.1) is 11.9 Å². The van der Waals surface area contributed by atoms with E-state index in [0.717, 1.165) is 27.2 Å². The molecule has 0 spiro atoms. The monoisotopic (exact) mass is 395 g/mol. The van der Waals surface area contributed by atoms with Gasteiger partial charge in [-0.05, 0) is 34.4 Å². The molecule has 1 aliphatic heterocycles. The number of hydrogen-bond acceptors (Lipinski definition) is 4. The number of rotatable bonds is 4. The molecule has 0 atom stereocenters. The molecule has 0 saturated heterocycles. The fourth-order valence-electron chi connectivity index (χ4n) is 3.90. The Morgan fingerprint density at radius 1 is 0.967 bits per heavy atom. The minimum Gasteiger partial charge on any atom is -0.507 e. The number of phenolic OH excluding ortho intramolecular Hbond substituents is 1. The van der Waals surface area contributed by atoms with Crippen LogP contribution in [0.15, 0.2) is 77.9 Å². The number of hydrogen-bond donors (Lipinski definition) is 2. The lowest BCUT2D eigenvalue weighted by molar-refractivity contribution is -0.119. The summed E-state index contributed by atoms with van der Waals surface area (Å²) in [5.41, 5.74) is 4.29. The van der Waals surface area contributed by atoms with Gasteiger partial charge >= 0.3 is 0 Å². The molecule has 6 nitrogen and oxygen atoms in total. The van der Waals surface area contributed by atoms with Crippen molar-refractivity contribution in [3.05, 3.63) is 83.9 Å². The third-order valence-electron chi connectivity index (χ3n) is 5.28. The van der Waals surface area contributed by atoms with Crippen molar-refractivity contribution in [2.45, 2.75) is 0 Å². The summed E-state index contributed by atoms with van der Waals surface area (Å²) < 4.78 is 0. The second kappa shape index (κ2) is 7.00. The van der Waals surface area contributed by atoms with E-state index in [4.69, 9.17) is 0 Å². The van der Waals surface area contributed by atoms with Crippen molar-refractivity contribution in [2.75, 3.05) is 11.4 Å². The number of nitrogens with one attached hydrogen (secondary N) is 1. The number of nitrogens with zero attached hydrogens (tertiary/aromatic N) is 2. The van der Waals surface area contributed by atoms with Gasteiger partial charge in [0.25, 0.3) is 11.8 Å². The Kier molecular flexibility index (Phi) is 4.17. The number of fused-ring (bicyclic) bond motifs is 1. The molecule has 30 heavy (non-hydrogen) atoms. The number of aromatic hydroxyl groups is 1. The first-order valence-electron chi connectivity index (χ1n) is 9.50. The summed E-state index contributed by atoms with van der Waals surface area (Å²) in [6.07, 6.45) is 1.41. The molecule has 6 heteroatoms. The Hall–Kier alpha value is -4.19. The number of anilines is 1. The minimum absolute atomic E-state index is 0.0727. The topological polar surface area (TPSA) is 82.0 Å². The molecule has 5 rings (SSSR count). The molecule has 4 aromatic carbocycles. The van der Waals surface area contributed by atoms with Gasteiger partial charge in [-0.2, -0.15) is 5.10 Å². The van der Waals surface area contributed by atoms with Crippen LogP contribution >= 0.6 is 0 Å². The van der Waals surface area contributed by atoms with E-state index in [1.54, 1.807) is 12.1 Å². The van der Waals surface area contributed by atoms with Crippen molar-refractivity contribution in [1.82, 2.24) is 5.43 Å². The highest BCUT2D eigenvalue weighted by Crippen LogP contribution is 2.36. The summed E-state index contributed by atoms with van der Waals surface area (Å²) in [5, 5.41) is 17.8. The normalized spacial score (nSPS) is 12.9. The maximum Gasteiger partial charge on any atom is 0.260 e. The first kappa shape index (κ1) is 17.9. The number of carbonyl (C=O) groups is 2. The lowest BCUT2D eigenvalue weighted by Crippen LogP contribution is -2.37. The van der Waals surface area contributed by atoms with Gasteiger partial charge in [0, 0.05) is 16.5 Å². The van der Waals surface area contributed by atoms with Crippen molar-refractivity contribution in [2.24, 2.45) is 5.10 Å². The van der Waals surface area contributed by atoms with Crippen molar-refractivity contribution in [3.8, 4) is 5.75 Å². The largest absolute Gasteiger partial charge is 0.507 e. The van der Waals surface area contributed by atoms with Gasteiger partial charge in [-0.3, -0.25) is 14.5 Å². The van der Waals surface area contributed by atoms with Gasteiger partial charge in [-0.25, -0.2) is 5.43 Å². The molecular weight excluding hydrogens is 378 g/mol. The second-order valence-electron chi connectivity index (χ2n) is 7.08. The molecular formula is C24H17N3O3. The summed E-state index contributed by atoms with van der Waals surface area (Å²) in [4.78, 5) is 26.7. The average molecular weight is 395 g/mol. The van der Waals surface area contributed by atoms with Crippen LogP contribution in [0.4, 0.5) is 5.69 Å². The molecule has 2 amide bonds. The van der Waals surface area contributed by atoms with Crippen LogP contribution in [0.1, 0.15) is 15.9 Å². The maximum atomic E-state index is 12.8. The number of amides is 2. The average Bonchev–Trinajstić information content (AvgIpc) is 3.03. The standard InChI is InChI=1S/C24H17N3O3/c28-21-12-11-15-5-1-2-8-17(15)19(21)13-25-26-22(29)14-27-20-10-4-7-16-6-3-9-18(23(16)20)24(27)30/h1-13,28H,14H2,(H,26,29)/b25-13+. The third-order valence-corrected chi connectivity index (χ3v) is 5.28. The number of benzene rings is 4. The molecule has 0 aromatic heterocycles. The fourth-order valence-corrected chi connectivity index (χ4v) is 3.90. The van der Waals surface area contributed by atoms with Crippen LogP contribution in [0.2, 0.25) is 0 Å². The smallest absolute Gasteiger partial charge is 0.260 e. The Bertz CT molecular complexity index is 1360. The van der Waals surface area contributed by atoms with E-state index in [-0.39, 0.29) is 18.2 Å². The van der Waals surface area contributed by atoms with Crippen LogP contribution in [0.5, 0.6) is 5.75 Å². The Labute approximate surface area is 172 Å². The van der Waals surface area contributed by atoms with Crippen LogP contribution in [-0.4, -0.2) is 29.7 Å². The van der Waals surface area contributed by atoms with Crippen molar-refractivity contribution >= 4 is 45.3 Å². The van der Waals surface area contributed by atoms with Gasteiger partial charge < -0.3 is 5.11 Å². The SMILES string of the molecule is O=C(CN1C(=O)c2cccc3cccc1c23)N/N=C/c1c(O)ccc2ccccc12. The number of hydrazone groups is 1. The van der Waals surface area contributed by atoms with E-state index in [1.807, 2.05) is 60.7 Å². The number of carbonyl (C=O) groups excluding carboxylic acids is 2. The first-order chi connectivity index (χ1) is 14.6. The van der Waals surface area contributed by atoms with E-state index >= 15 is 0 Å². The van der Waals surface area contributed by atoms with Crippen LogP contribution in [0.25, 0.3) is 21.5 Å². The van der Waals surface area contributed by atoms with Gasteiger partial charge in [0.2, 0.25) is 0 Å². The van der Waals surface area contributed by atoms with Crippen molar-refractivity contribution in [3.63, 3.8) is 0 Å². The molecule has 0 fully saturated rings. The van der Waals surface area contributed by atoms with E-state index in [2.05, 4.69) is 10.5 Å².